The summed E-state index contributed by atoms with van der Waals surface area (Å²) in [7, 11) is 1.75. The molecule has 0 saturated heterocycles. The first-order valence-electron chi connectivity index (χ1n) is 9.34. The SMILES string of the molecule is CN1C(=O)[C@H](NC(=O)c2cn(Cc3ccccc3)cn2)CCc2ccccc21. The fourth-order valence-corrected chi connectivity index (χ4v) is 3.55. The molecular weight excluding hydrogens is 352 g/mol. The maximum Gasteiger partial charge on any atom is 0.272 e. The van der Waals surface area contributed by atoms with Crippen molar-refractivity contribution in [2.24, 2.45) is 0 Å². The van der Waals surface area contributed by atoms with Gasteiger partial charge in [0.25, 0.3) is 5.91 Å². The van der Waals surface area contributed by atoms with Crippen LogP contribution in [0.5, 0.6) is 0 Å². The van der Waals surface area contributed by atoms with Gasteiger partial charge in [0.1, 0.15) is 11.7 Å². The summed E-state index contributed by atoms with van der Waals surface area (Å²) in [5.41, 5.74) is 3.46. The summed E-state index contributed by atoms with van der Waals surface area (Å²) in [6.07, 6.45) is 4.65. The molecule has 1 aromatic heterocycles. The Morgan fingerprint density at radius 1 is 1.14 bits per heavy atom. The molecule has 3 aromatic rings. The molecule has 6 heteroatoms. The number of rotatable bonds is 4. The summed E-state index contributed by atoms with van der Waals surface area (Å²) in [6, 6.07) is 17.2. The fourth-order valence-electron chi connectivity index (χ4n) is 3.55. The van der Waals surface area contributed by atoms with Gasteiger partial charge >= 0.3 is 0 Å². The summed E-state index contributed by atoms with van der Waals surface area (Å²) in [4.78, 5) is 31.3. The molecule has 0 bridgehead atoms. The number of carbonyl (C=O) groups excluding carboxylic acids is 2. The standard InChI is InChI=1S/C22H22N4O2/c1-25-20-10-6-5-9-17(20)11-12-18(22(25)28)24-21(27)19-14-26(15-23-19)13-16-7-3-2-4-8-16/h2-10,14-15,18H,11-13H2,1H3,(H,24,27)/t18-/m1/s1. The first-order chi connectivity index (χ1) is 13.6. The van der Waals surface area contributed by atoms with Gasteiger partial charge in [-0.1, -0.05) is 48.5 Å². The van der Waals surface area contributed by atoms with Crippen LogP contribution < -0.4 is 10.2 Å². The third-order valence-corrected chi connectivity index (χ3v) is 5.06. The number of fused-ring (bicyclic) bond motifs is 1. The van der Waals surface area contributed by atoms with Gasteiger partial charge in [0.2, 0.25) is 5.91 Å². The second-order valence-corrected chi connectivity index (χ2v) is 7.01. The van der Waals surface area contributed by atoms with E-state index in [1.807, 2.05) is 59.2 Å². The van der Waals surface area contributed by atoms with Crippen molar-refractivity contribution in [1.29, 1.82) is 0 Å². The van der Waals surface area contributed by atoms with Crippen LogP contribution in [0.2, 0.25) is 0 Å². The normalized spacial score (nSPS) is 16.4. The summed E-state index contributed by atoms with van der Waals surface area (Å²) in [6.45, 7) is 0.640. The highest BCUT2D eigenvalue weighted by molar-refractivity contribution is 6.02. The highest BCUT2D eigenvalue weighted by atomic mass is 16.2. The number of amides is 2. The fraction of sp³-hybridized carbons (Fsp3) is 0.227. The molecule has 0 fully saturated rings. The van der Waals surface area contributed by atoms with Crippen LogP contribution in [0.4, 0.5) is 5.69 Å². The first kappa shape index (κ1) is 18.0. The van der Waals surface area contributed by atoms with Crippen LogP contribution >= 0.6 is 0 Å². The molecular formula is C22H22N4O2. The van der Waals surface area contributed by atoms with Crippen molar-refractivity contribution in [2.75, 3.05) is 11.9 Å². The summed E-state index contributed by atoms with van der Waals surface area (Å²) >= 11 is 0. The molecule has 0 saturated carbocycles. The van der Waals surface area contributed by atoms with E-state index in [-0.39, 0.29) is 11.8 Å². The van der Waals surface area contributed by atoms with E-state index in [2.05, 4.69) is 10.3 Å². The highest BCUT2D eigenvalue weighted by Crippen LogP contribution is 2.25. The molecule has 2 amide bonds. The van der Waals surface area contributed by atoms with E-state index in [4.69, 9.17) is 0 Å². The van der Waals surface area contributed by atoms with Crippen molar-refractivity contribution < 1.29 is 9.59 Å². The van der Waals surface area contributed by atoms with Crippen LogP contribution in [0.3, 0.4) is 0 Å². The Labute approximate surface area is 163 Å². The van der Waals surface area contributed by atoms with E-state index in [1.165, 1.54) is 0 Å². The van der Waals surface area contributed by atoms with Gasteiger partial charge < -0.3 is 14.8 Å². The van der Waals surface area contributed by atoms with Crippen molar-refractivity contribution in [2.45, 2.75) is 25.4 Å². The number of imidazole rings is 1. The van der Waals surface area contributed by atoms with Gasteiger partial charge in [-0.15, -0.1) is 0 Å². The topological polar surface area (TPSA) is 67.2 Å². The average Bonchev–Trinajstić information content (AvgIpc) is 3.15. The quantitative estimate of drug-likeness (QED) is 0.763. The zero-order chi connectivity index (χ0) is 19.5. The number of carbonyl (C=O) groups is 2. The molecule has 0 spiro atoms. The maximum absolute atomic E-state index is 12.8. The number of anilines is 1. The lowest BCUT2D eigenvalue weighted by Gasteiger charge is -2.21. The number of aromatic nitrogens is 2. The van der Waals surface area contributed by atoms with E-state index in [1.54, 1.807) is 24.5 Å². The lowest BCUT2D eigenvalue weighted by Crippen LogP contribution is -2.46. The largest absolute Gasteiger partial charge is 0.339 e. The van der Waals surface area contributed by atoms with E-state index >= 15 is 0 Å². The first-order valence-corrected chi connectivity index (χ1v) is 9.34. The summed E-state index contributed by atoms with van der Waals surface area (Å²) in [5.74, 6) is -0.438. The second kappa shape index (κ2) is 7.68. The molecule has 4 rings (SSSR count). The van der Waals surface area contributed by atoms with Gasteiger partial charge in [0, 0.05) is 25.5 Å². The van der Waals surface area contributed by atoms with Crippen LogP contribution in [0, 0.1) is 0 Å². The van der Waals surface area contributed by atoms with Gasteiger partial charge in [-0.25, -0.2) is 4.98 Å². The molecule has 0 aliphatic carbocycles. The Kier molecular flexibility index (Phi) is 4.93. The lowest BCUT2D eigenvalue weighted by atomic mass is 10.1. The molecule has 0 unspecified atom stereocenters. The molecule has 142 valence electrons. The molecule has 28 heavy (non-hydrogen) atoms. The second-order valence-electron chi connectivity index (χ2n) is 7.01. The van der Waals surface area contributed by atoms with Crippen molar-refractivity contribution in [3.63, 3.8) is 0 Å². The molecule has 1 aliphatic heterocycles. The minimum Gasteiger partial charge on any atom is -0.339 e. The Morgan fingerprint density at radius 3 is 2.71 bits per heavy atom. The minimum absolute atomic E-state index is 0.109. The third kappa shape index (κ3) is 3.67. The van der Waals surface area contributed by atoms with Crippen molar-refractivity contribution >= 4 is 17.5 Å². The van der Waals surface area contributed by atoms with Crippen molar-refractivity contribution in [3.8, 4) is 0 Å². The number of aryl methyl sites for hydroxylation is 1. The third-order valence-electron chi connectivity index (χ3n) is 5.06. The molecule has 2 heterocycles. The summed E-state index contributed by atoms with van der Waals surface area (Å²) in [5, 5.41) is 2.86. The number of likely N-dealkylation sites (N-methyl/N-ethyl adjacent to an activating group) is 1. The Hall–Kier alpha value is -3.41. The smallest absolute Gasteiger partial charge is 0.272 e. The maximum atomic E-state index is 12.8. The van der Waals surface area contributed by atoms with E-state index < -0.39 is 6.04 Å². The Morgan fingerprint density at radius 2 is 1.89 bits per heavy atom. The number of benzene rings is 2. The highest BCUT2D eigenvalue weighted by Gasteiger charge is 2.29. The van der Waals surface area contributed by atoms with E-state index in [0.717, 1.165) is 23.2 Å². The van der Waals surface area contributed by atoms with Crippen LogP contribution in [-0.2, 0) is 17.8 Å². The van der Waals surface area contributed by atoms with Crippen LogP contribution in [0.15, 0.2) is 67.1 Å². The molecule has 2 aromatic carbocycles. The van der Waals surface area contributed by atoms with Crippen molar-refractivity contribution in [1.82, 2.24) is 14.9 Å². The van der Waals surface area contributed by atoms with E-state index in [0.29, 0.717) is 18.7 Å². The van der Waals surface area contributed by atoms with Crippen LogP contribution in [0.25, 0.3) is 0 Å². The molecule has 1 aliphatic rings. The van der Waals surface area contributed by atoms with Gasteiger partial charge in [-0.05, 0) is 30.0 Å². The predicted octanol–water partition coefficient (Wildman–Crippen LogP) is 2.64. The van der Waals surface area contributed by atoms with Crippen LogP contribution in [-0.4, -0.2) is 34.5 Å². The Balaban J connectivity index is 1.45. The number of hydrogen-bond donors (Lipinski definition) is 1. The zero-order valence-electron chi connectivity index (χ0n) is 15.7. The number of hydrogen-bond acceptors (Lipinski definition) is 3. The average molecular weight is 374 g/mol. The molecule has 0 radical (unpaired) electrons. The number of para-hydroxylation sites is 1. The van der Waals surface area contributed by atoms with E-state index in [9.17, 15) is 9.59 Å². The van der Waals surface area contributed by atoms with Gasteiger partial charge in [0.05, 0.1) is 6.33 Å². The molecule has 1 atom stereocenters. The molecule has 1 N–H and O–H groups in total. The number of nitrogens with zero attached hydrogens (tertiary/aromatic N) is 3. The minimum atomic E-state index is -0.566. The number of nitrogens with one attached hydrogen (secondary N) is 1. The molecule has 6 nitrogen and oxygen atoms in total. The van der Waals surface area contributed by atoms with Gasteiger partial charge in [-0.3, -0.25) is 9.59 Å². The predicted molar refractivity (Wildman–Crippen MR) is 107 cm³/mol. The van der Waals surface area contributed by atoms with Gasteiger partial charge in [-0.2, -0.15) is 0 Å². The summed E-state index contributed by atoms with van der Waals surface area (Å²) < 4.78 is 1.86. The zero-order valence-corrected chi connectivity index (χ0v) is 15.7. The monoisotopic (exact) mass is 374 g/mol. The van der Waals surface area contributed by atoms with Gasteiger partial charge in [0.15, 0.2) is 0 Å². The lowest BCUT2D eigenvalue weighted by molar-refractivity contribution is -0.120. The van der Waals surface area contributed by atoms with Crippen molar-refractivity contribution in [3.05, 3.63) is 83.9 Å². The van der Waals surface area contributed by atoms with Crippen LogP contribution in [0.1, 0.15) is 28.0 Å². The Bertz CT molecular complexity index is 997.